The van der Waals surface area contributed by atoms with Crippen molar-refractivity contribution in [3.8, 4) is 5.75 Å². The van der Waals surface area contributed by atoms with Crippen LogP contribution < -0.4 is 15.5 Å². The van der Waals surface area contributed by atoms with Crippen molar-refractivity contribution in [3.63, 3.8) is 0 Å². The molecule has 11 heteroatoms. The van der Waals surface area contributed by atoms with Gasteiger partial charge < -0.3 is 19.5 Å². The molecule has 0 bridgehead atoms. The number of hydrogen-bond donors (Lipinski definition) is 2. The Morgan fingerprint density at radius 1 is 1.06 bits per heavy atom. The summed E-state index contributed by atoms with van der Waals surface area (Å²) in [6.45, 7) is 1.51. The van der Waals surface area contributed by atoms with Gasteiger partial charge in [-0.2, -0.15) is 5.01 Å². The predicted octanol–water partition coefficient (Wildman–Crippen LogP) is 1.17. The van der Waals surface area contributed by atoms with Gasteiger partial charge in [0.15, 0.2) is 6.61 Å². The number of urea groups is 1. The Hall–Kier alpha value is -3.63. The van der Waals surface area contributed by atoms with Crippen LogP contribution in [0, 0.1) is 5.92 Å². The molecule has 2 N–H and O–H groups in total. The summed E-state index contributed by atoms with van der Waals surface area (Å²) in [5.74, 6) is -2.19. The number of esters is 2. The topological polar surface area (TPSA) is 140 Å². The Balaban J connectivity index is 1.66. The Bertz CT molecular complexity index is 918. The van der Waals surface area contributed by atoms with Crippen LogP contribution in [0.1, 0.15) is 53.3 Å². The number of hydrazine groups is 1. The zero-order chi connectivity index (χ0) is 23.5. The maximum atomic E-state index is 12.8. The number of rotatable bonds is 6. The number of hydrogen-bond acceptors (Lipinski definition) is 8. The fourth-order valence-corrected chi connectivity index (χ4v) is 3.78. The molecule has 1 aliphatic heterocycles. The first-order valence-electron chi connectivity index (χ1n) is 10.1. The number of methoxy groups -OCH3 is 2. The van der Waals surface area contributed by atoms with Gasteiger partial charge in [0, 0.05) is 0 Å². The highest BCUT2D eigenvalue weighted by molar-refractivity contribution is 6.08. The highest BCUT2D eigenvalue weighted by atomic mass is 16.5. The molecule has 0 aromatic heterocycles. The molecule has 1 heterocycles. The first-order valence-corrected chi connectivity index (χ1v) is 10.1. The van der Waals surface area contributed by atoms with E-state index in [0.717, 1.165) is 12.8 Å². The molecule has 2 fully saturated rings. The molecule has 1 aromatic carbocycles. The number of imide groups is 1. The molecule has 1 spiro atoms. The SMILES string of the molecule is COC(=O)c1cc(OCC(=O)NN2C(=O)NC3(CCC(C)CC3)C2=O)cc(C(=O)OC)c1. The van der Waals surface area contributed by atoms with Crippen molar-refractivity contribution in [1.29, 1.82) is 0 Å². The molecule has 2 aliphatic rings. The standard InChI is InChI=1S/C21H25N3O8/c1-12-4-6-21(7-5-12)19(28)24(20(29)22-21)23-16(25)11-32-15-9-13(17(26)30-2)8-14(10-15)18(27)31-3/h8-10,12H,4-7,11H2,1-3H3,(H,22,29)(H,23,25). The zero-order valence-corrected chi connectivity index (χ0v) is 18.1. The molecule has 1 aromatic rings. The lowest BCUT2D eigenvalue weighted by Crippen LogP contribution is -2.52. The predicted molar refractivity (Wildman–Crippen MR) is 108 cm³/mol. The maximum absolute atomic E-state index is 12.8. The summed E-state index contributed by atoms with van der Waals surface area (Å²) in [5, 5.41) is 3.37. The van der Waals surface area contributed by atoms with Crippen molar-refractivity contribution >= 4 is 29.8 Å². The number of benzene rings is 1. The minimum absolute atomic E-state index is 0.0216. The van der Waals surface area contributed by atoms with Crippen LogP contribution in [0.25, 0.3) is 0 Å². The summed E-state index contributed by atoms with van der Waals surface area (Å²) in [5.41, 5.74) is 1.31. The van der Waals surface area contributed by atoms with Crippen molar-refractivity contribution in [2.75, 3.05) is 20.8 Å². The number of nitrogens with zero attached hydrogens (tertiary/aromatic N) is 1. The van der Waals surface area contributed by atoms with Crippen LogP contribution in [0.5, 0.6) is 5.75 Å². The van der Waals surface area contributed by atoms with Crippen LogP contribution in [0.3, 0.4) is 0 Å². The van der Waals surface area contributed by atoms with Crippen LogP contribution in [0.15, 0.2) is 18.2 Å². The molecule has 1 aliphatic carbocycles. The molecule has 1 saturated heterocycles. The van der Waals surface area contributed by atoms with E-state index in [2.05, 4.69) is 27.1 Å². The van der Waals surface area contributed by atoms with Gasteiger partial charge in [-0.3, -0.25) is 15.0 Å². The molecular formula is C21H25N3O8. The molecule has 4 amide bonds. The first kappa shape index (κ1) is 23.0. The third-order valence-electron chi connectivity index (χ3n) is 5.64. The van der Waals surface area contributed by atoms with Gasteiger partial charge in [0.2, 0.25) is 0 Å². The molecule has 0 unspecified atom stereocenters. The van der Waals surface area contributed by atoms with Gasteiger partial charge in [-0.1, -0.05) is 6.92 Å². The second-order valence-electron chi connectivity index (χ2n) is 7.89. The second-order valence-corrected chi connectivity index (χ2v) is 7.89. The van der Waals surface area contributed by atoms with E-state index < -0.39 is 41.9 Å². The van der Waals surface area contributed by atoms with Gasteiger partial charge >= 0.3 is 18.0 Å². The monoisotopic (exact) mass is 447 g/mol. The Labute approximate surface area is 184 Å². The Kier molecular flexibility index (Phi) is 6.66. The summed E-state index contributed by atoms with van der Waals surface area (Å²) in [4.78, 5) is 61.1. The molecule has 3 rings (SSSR count). The van der Waals surface area contributed by atoms with Gasteiger partial charge in [-0.15, -0.1) is 0 Å². The Morgan fingerprint density at radius 3 is 2.16 bits per heavy atom. The summed E-state index contributed by atoms with van der Waals surface area (Å²) in [6, 6.07) is 3.15. The molecule has 11 nitrogen and oxygen atoms in total. The van der Waals surface area contributed by atoms with Crippen molar-refractivity contribution in [2.24, 2.45) is 5.92 Å². The normalized spacial score (nSPS) is 22.3. The van der Waals surface area contributed by atoms with E-state index >= 15 is 0 Å². The zero-order valence-electron chi connectivity index (χ0n) is 18.1. The number of carbonyl (C=O) groups excluding carboxylic acids is 5. The molecule has 0 radical (unpaired) electrons. The van der Waals surface area contributed by atoms with Gasteiger partial charge in [-0.25, -0.2) is 14.4 Å². The fraction of sp³-hybridized carbons (Fsp3) is 0.476. The smallest absolute Gasteiger partial charge is 0.344 e. The van der Waals surface area contributed by atoms with Crippen molar-refractivity contribution in [1.82, 2.24) is 15.8 Å². The van der Waals surface area contributed by atoms with E-state index in [1.807, 2.05) is 0 Å². The molecule has 0 atom stereocenters. The number of ether oxygens (including phenoxy) is 3. The third-order valence-corrected chi connectivity index (χ3v) is 5.64. The fourth-order valence-electron chi connectivity index (χ4n) is 3.78. The number of nitrogens with one attached hydrogen (secondary N) is 2. The van der Waals surface area contributed by atoms with Crippen LogP contribution in [0.4, 0.5) is 4.79 Å². The van der Waals surface area contributed by atoms with Crippen molar-refractivity contribution in [2.45, 2.75) is 38.1 Å². The molecular weight excluding hydrogens is 422 g/mol. The lowest BCUT2D eigenvalue weighted by molar-refractivity contribution is -0.140. The van der Waals surface area contributed by atoms with E-state index in [9.17, 15) is 24.0 Å². The van der Waals surface area contributed by atoms with E-state index in [1.165, 1.54) is 32.4 Å². The summed E-state index contributed by atoms with van der Waals surface area (Å²) < 4.78 is 14.7. The number of carbonyl (C=O) groups is 5. The van der Waals surface area contributed by atoms with Gasteiger partial charge in [0.25, 0.3) is 11.8 Å². The van der Waals surface area contributed by atoms with E-state index in [0.29, 0.717) is 23.8 Å². The third kappa shape index (κ3) is 4.66. The molecule has 172 valence electrons. The van der Waals surface area contributed by atoms with Crippen molar-refractivity contribution in [3.05, 3.63) is 29.3 Å². The largest absolute Gasteiger partial charge is 0.484 e. The van der Waals surface area contributed by atoms with Gasteiger partial charge in [0.05, 0.1) is 25.3 Å². The quantitative estimate of drug-likeness (QED) is 0.489. The average molecular weight is 447 g/mol. The number of amides is 4. The first-order chi connectivity index (χ1) is 15.2. The highest BCUT2D eigenvalue weighted by Crippen LogP contribution is 2.35. The summed E-state index contributed by atoms with van der Waals surface area (Å²) in [7, 11) is 2.36. The lowest BCUT2D eigenvalue weighted by atomic mass is 9.77. The van der Waals surface area contributed by atoms with Gasteiger partial charge in [0.1, 0.15) is 11.3 Å². The van der Waals surface area contributed by atoms with Crippen molar-refractivity contribution < 1.29 is 38.2 Å². The van der Waals surface area contributed by atoms with Crippen LogP contribution >= 0.6 is 0 Å². The second kappa shape index (κ2) is 9.25. The lowest BCUT2D eigenvalue weighted by Gasteiger charge is -2.33. The minimum Gasteiger partial charge on any atom is -0.484 e. The van der Waals surface area contributed by atoms with Crippen LogP contribution in [-0.2, 0) is 19.1 Å². The van der Waals surface area contributed by atoms with Gasteiger partial charge in [-0.05, 0) is 49.8 Å². The van der Waals surface area contributed by atoms with E-state index in [-0.39, 0.29) is 16.9 Å². The minimum atomic E-state index is -0.984. The van der Waals surface area contributed by atoms with Crippen LogP contribution in [0.2, 0.25) is 0 Å². The average Bonchev–Trinajstić information content (AvgIpc) is 3.02. The molecule has 32 heavy (non-hydrogen) atoms. The summed E-state index contributed by atoms with van der Waals surface area (Å²) >= 11 is 0. The summed E-state index contributed by atoms with van der Waals surface area (Å²) in [6.07, 6.45) is 2.63. The maximum Gasteiger partial charge on any atom is 0.344 e. The van der Waals surface area contributed by atoms with E-state index in [1.54, 1.807) is 0 Å². The Morgan fingerprint density at radius 2 is 1.62 bits per heavy atom. The van der Waals surface area contributed by atoms with Crippen LogP contribution in [-0.4, -0.2) is 61.2 Å². The highest BCUT2D eigenvalue weighted by Gasteiger charge is 2.52. The molecule has 1 saturated carbocycles. The van der Waals surface area contributed by atoms with E-state index in [4.69, 9.17) is 4.74 Å².